The monoisotopic (exact) mass is 186 g/mol. The Kier molecular flexibility index (Phi) is 3.27. The standard InChI is InChI=1S/C10H10N4/c1-8(12)10(7-11)14-13-9-5-3-2-4-6-9/h2-6,13H,1,12H2. The fraction of sp³-hybridized carbons (Fsp3) is 0. The van der Waals surface area contributed by atoms with Gasteiger partial charge in [-0.15, -0.1) is 0 Å². The number of hydrogen-bond acceptors (Lipinski definition) is 4. The molecule has 1 rings (SSSR count). The van der Waals surface area contributed by atoms with Gasteiger partial charge in [0.1, 0.15) is 6.07 Å². The van der Waals surface area contributed by atoms with Gasteiger partial charge in [0.25, 0.3) is 0 Å². The van der Waals surface area contributed by atoms with Crippen molar-refractivity contribution >= 4 is 11.4 Å². The van der Waals surface area contributed by atoms with Crippen molar-refractivity contribution < 1.29 is 0 Å². The van der Waals surface area contributed by atoms with Gasteiger partial charge in [-0.3, -0.25) is 5.43 Å². The molecule has 14 heavy (non-hydrogen) atoms. The van der Waals surface area contributed by atoms with Gasteiger partial charge in [0, 0.05) is 0 Å². The van der Waals surface area contributed by atoms with Crippen LogP contribution in [0.4, 0.5) is 5.69 Å². The van der Waals surface area contributed by atoms with Crippen molar-refractivity contribution in [3.05, 3.63) is 42.6 Å². The quantitative estimate of drug-likeness (QED) is 0.554. The van der Waals surface area contributed by atoms with E-state index in [0.717, 1.165) is 5.69 Å². The van der Waals surface area contributed by atoms with Gasteiger partial charge in [-0.25, -0.2) is 0 Å². The van der Waals surface area contributed by atoms with Gasteiger partial charge >= 0.3 is 0 Å². The Bertz CT molecular complexity index is 386. The molecule has 0 aliphatic rings. The van der Waals surface area contributed by atoms with Crippen LogP contribution in [0.5, 0.6) is 0 Å². The average Bonchev–Trinajstić information content (AvgIpc) is 2.20. The summed E-state index contributed by atoms with van der Waals surface area (Å²) in [7, 11) is 0. The first-order valence-corrected chi connectivity index (χ1v) is 3.97. The molecule has 0 saturated carbocycles. The molecular weight excluding hydrogens is 176 g/mol. The number of nitrogens with two attached hydrogens (primary N) is 1. The van der Waals surface area contributed by atoms with Crippen molar-refractivity contribution in [1.29, 1.82) is 5.26 Å². The number of hydrazone groups is 1. The third kappa shape index (κ3) is 2.64. The van der Waals surface area contributed by atoms with Crippen LogP contribution in [0.25, 0.3) is 0 Å². The van der Waals surface area contributed by atoms with Gasteiger partial charge in [0.15, 0.2) is 5.71 Å². The maximum atomic E-state index is 8.61. The molecule has 4 heteroatoms. The summed E-state index contributed by atoms with van der Waals surface area (Å²) in [4.78, 5) is 0. The molecule has 3 N–H and O–H groups in total. The smallest absolute Gasteiger partial charge is 0.182 e. The Morgan fingerprint density at radius 3 is 2.57 bits per heavy atom. The van der Waals surface area contributed by atoms with Gasteiger partial charge < -0.3 is 5.73 Å². The molecule has 0 fully saturated rings. The lowest BCUT2D eigenvalue weighted by atomic mass is 10.3. The zero-order chi connectivity index (χ0) is 10.4. The van der Waals surface area contributed by atoms with Crippen molar-refractivity contribution in [2.24, 2.45) is 10.8 Å². The van der Waals surface area contributed by atoms with Crippen LogP contribution in [0.2, 0.25) is 0 Å². The third-order valence-electron chi connectivity index (χ3n) is 1.48. The van der Waals surface area contributed by atoms with E-state index in [1.165, 1.54) is 0 Å². The van der Waals surface area contributed by atoms with E-state index in [-0.39, 0.29) is 11.4 Å². The minimum Gasteiger partial charge on any atom is -0.397 e. The molecule has 0 unspecified atom stereocenters. The molecular formula is C10H10N4. The molecule has 4 nitrogen and oxygen atoms in total. The average molecular weight is 186 g/mol. The lowest BCUT2D eigenvalue weighted by Crippen LogP contribution is -2.09. The summed E-state index contributed by atoms with van der Waals surface area (Å²) in [6.45, 7) is 3.42. The van der Waals surface area contributed by atoms with Crippen LogP contribution in [-0.4, -0.2) is 5.71 Å². The normalized spacial score (nSPS) is 10.4. The Hall–Kier alpha value is -2.28. The Labute approximate surface area is 82.3 Å². The first kappa shape index (κ1) is 9.81. The number of para-hydroxylation sites is 1. The van der Waals surface area contributed by atoms with Gasteiger partial charge in [-0.2, -0.15) is 10.4 Å². The summed E-state index contributed by atoms with van der Waals surface area (Å²) in [5.74, 6) is 0. The number of anilines is 1. The summed E-state index contributed by atoms with van der Waals surface area (Å²) in [6, 6.07) is 11.1. The van der Waals surface area contributed by atoms with Crippen LogP contribution >= 0.6 is 0 Å². The van der Waals surface area contributed by atoms with E-state index in [2.05, 4.69) is 17.1 Å². The first-order chi connectivity index (χ1) is 6.74. The minimum atomic E-state index is 0.0915. The van der Waals surface area contributed by atoms with Crippen LogP contribution in [-0.2, 0) is 0 Å². The van der Waals surface area contributed by atoms with E-state index >= 15 is 0 Å². The van der Waals surface area contributed by atoms with Crippen molar-refractivity contribution in [2.45, 2.75) is 0 Å². The molecule has 0 radical (unpaired) electrons. The summed E-state index contributed by atoms with van der Waals surface area (Å²) in [5.41, 5.74) is 9.06. The maximum Gasteiger partial charge on any atom is 0.182 e. The number of rotatable bonds is 3. The van der Waals surface area contributed by atoms with Gasteiger partial charge in [0.05, 0.1) is 11.4 Å². The molecule has 0 amide bonds. The molecule has 1 aromatic rings. The van der Waals surface area contributed by atoms with Crippen molar-refractivity contribution in [3.63, 3.8) is 0 Å². The van der Waals surface area contributed by atoms with Crippen LogP contribution in [0.15, 0.2) is 47.7 Å². The Morgan fingerprint density at radius 1 is 1.43 bits per heavy atom. The van der Waals surface area contributed by atoms with Crippen LogP contribution in [0.3, 0.4) is 0 Å². The highest BCUT2D eigenvalue weighted by Crippen LogP contribution is 2.04. The van der Waals surface area contributed by atoms with Crippen molar-refractivity contribution in [2.75, 3.05) is 5.43 Å². The molecule has 0 heterocycles. The second kappa shape index (κ2) is 4.67. The largest absolute Gasteiger partial charge is 0.397 e. The number of hydrogen-bond donors (Lipinski definition) is 2. The number of nitrogens with zero attached hydrogens (tertiary/aromatic N) is 2. The molecule has 0 aromatic heterocycles. The van der Waals surface area contributed by atoms with E-state index in [0.29, 0.717) is 0 Å². The fourth-order valence-corrected chi connectivity index (χ4v) is 0.802. The van der Waals surface area contributed by atoms with Crippen LogP contribution in [0.1, 0.15) is 0 Å². The SMILES string of the molecule is C=C(N)C(C#N)=NNc1ccccc1. The Morgan fingerprint density at radius 2 is 2.07 bits per heavy atom. The highest BCUT2D eigenvalue weighted by molar-refractivity contribution is 6.10. The maximum absolute atomic E-state index is 8.61. The second-order valence-electron chi connectivity index (χ2n) is 2.58. The van der Waals surface area contributed by atoms with Crippen molar-refractivity contribution in [3.8, 4) is 6.07 Å². The van der Waals surface area contributed by atoms with Gasteiger partial charge in [-0.1, -0.05) is 24.8 Å². The lowest BCUT2D eigenvalue weighted by molar-refractivity contribution is 1.32. The van der Waals surface area contributed by atoms with Crippen molar-refractivity contribution in [1.82, 2.24) is 0 Å². The Balaban J connectivity index is 2.73. The number of nitrogens with one attached hydrogen (secondary N) is 1. The van der Waals surface area contributed by atoms with Crippen LogP contribution in [0, 0.1) is 11.3 Å². The second-order valence-corrected chi connectivity index (χ2v) is 2.58. The molecule has 1 aromatic carbocycles. The summed E-state index contributed by atoms with van der Waals surface area (Å²) in [6.07, 6.45) is 0. The number of nitriles is 1. The van der Waals surface area contributed by atoms with Gasteiger partial charge in [0.2, 0.25) is 0 Å². The predicted octanol–water partition coefficient (Wildman–Crippen LogP) is 1.45. The van der Waals surface area contributed by atoms with Crippen LogP contribution < -0.4 is 11.2 Å². The zero-order valence-electron chi connectivity index (χ0n) is 7.57. The minimum absolute atomic E-state index is 0.0915. The van der Waals surface area contributed by atoms with E-state index in [1.54, 1.807) is 0 Å². The lowest BCUT2D eigenvalue weighted by Gasteiger charge is -1.99. The first-order valence-electron chi connectivity index (χ1n) is 3.97. The third-order valence-corrected chi connectivity index (χ3v) is 1.48. The summed E-state index contributed by atoms with van der Waals surface area (Å²) >= 11 is 0. The van der Waals surface area contributed by atoms with E-state index in [1.807, 2.05) is 36.4 Å². The predicted molar refractivity (Wildman–Crippen MR) is 56.4 cm³/mol. The van der Waals surface area contributed by atoms with Gasteiger partial charge in [-0.05, 0) is 12.1 Å². The molecule has 70 valence electrons. The summed E-state index contributed by atoms with van der Waals surface area (Å²) < 4.78 is 0. The summed E-state index contributed by atoms with van der Waals surface area (Å²) in [5, 5.41) is 12.4. The number of benzene rings is 1. The van der Waals surface area contributed by atoms with E-state index in [4.69, 9.17) is 11.0 Å². The molecule has 0 aliphatic carbocycles. The van der Waals surface area contributed by atoms with E-state index < -0.39 is 0 Å². The highest BCUT2D eigenvalue weighted by Gasteiger charge is 1.97. The topological polar surface area (TPSA) is 74.2 Å². The molecule has 0 atom stereocenters. The molecule has 0 bridgehead atoms. The number of allylic oxidation sites excluding steroid dienone is 1. The van der Waals surface area contributed by atoms with E-state index in [9.17, 15) is 0 Å². The molecule has 0 saturated heterocycles. The zero-order valence-corrected chi connectivity index (χ0v) is 7.57. The molecule has 0 aliphatic heterocycles. The molecule has 0 spiro atoms. The fourth-order valence-electron chi connectivity index (χ4n) is 0.802. The highest BCUT2D eigenvalue weighted by atomic mass is 15.3.